The fourth-order valence-corrected chi connectivity index (χ4v) is 5.52. The van der Waals surface area contributed by atoms with Crippen LogP contribution in [-0.4, -0.2) is 81.3 Å². The van der Waals surface area contributed by atoms with Crippen molar-refractivity contribution in [3.8, 4) is 23.0 Å². The third-order valence-electron chi connectivity index (χ3n) is 7.94. The molecule has 0 bridgehead atoms. The lowest BCUT2D eigenvalue weighted by molar-refractivity contribution is 0.102. The zero-order chi connectivity index (χ0) is 29.2. The van der Waals surface area contributed by atoms with Crippen molar-refractivity contribution in [2.24, 2.45) is 0 Å². The summed E-state index contributed by atoms with van der Waals surface area (Å²) >= 11 is 0. The van der Waals surface area contributed by atoms with E-state index in [4.69, 9.17) is 15.5 Å². The van der Waals surface area contributed by atoms with E-state index in [1.54, 1.807) is 6.20 Å². The number of anilines is 2. The van der Waals surface area contributed by atoms with E-state index in [1.807, 2.05) is 38.2 Å². The van der Waals surface area contributed by atoms with Crippen LogP contribution in [0.1, 0.15) is 40.9 Å². The molecular weight excluding hydrogens is 528 g/mol. The number of fused-ring (bicyclic) bond motifs is 3. The summed E-state index contributed by atoms with van der Waals surface area (Å²) in [6.07, 6.45) is 6.26. The maximum absolute atomic E-state index is 13.1. The van der Waals surface area contributed by atoms with Crippen LogP contribution in [0.15, 0.2) is 54.9 Å². The predicted molar refractivity (Wildman–Crippen MR) is 164 cm³/mol. The molecule has 2 aromatic heterocycles. The number of rotatable bonds is 8. The zero-order valence-electron chi connectivity index (χ0n) is 24.5. The fraction of sp³-hybridized carbons (Fsp3) is 0.375. The highest BCUT2D eigenvalue weighted by molar-refractivity contribution is 6.07. The Balaban J connectivity index is 1.13. The molecular formula is C32H38N8O2. The Morgan fingerprint density at radius 1 is 1.05 bits per heavy atom. The molecule has 3 N–H and O–H groups in total. The lowest BCUT2D eigenvalue weighted by atomic mass is 9.90. The normalized spacial score (nSPS) is 15.3. The van der Waals surface area contributed by atoms with Gasteiger partial charge in [0.05, 0.1) is 11.8 Å². The number of nitrogens with one attached hydrogen (secondary N) is 1. The molecule has 0 unspecified atom stereocenters. The number of amides is 1. The molecule has 1 aliphatic heterocycles. The van der Waals surface area contributed by atoms with Crippen molar-refractivity contribution in [1.29, 1.82) is 0 Å². The number of benzene rings is 2. The van der Waals surface area contributed by atoms with Crippen molar-refractivity contribution >= 4 is 17.4 Å². The van der Waals surface area contributed by atoms with Crippen molar-refractivity contribution in [3.63, 3.8) is 0 Å². The number of aromatic nitrogens is 4. The number of hydrogen-bond donors (Lipinski definition) is 2. The Labute approximate surface area is 246 Å². The van der Waals surface area contributed by atoms with E-state index in [9.17, 15) is 4.79 Å². The molecule has 0 atom stereocenters. The second-order valence-electron chi connectivity index (χ2n) is 11.4. The number of carbonyl (C=O) groups excluding carboxylic acids is 1. The first-order valence-corrected chi connectivity index (χ1v) is 14.6. The van der Waals surface area contributed by atoms with Crippen LogP contribution in [0.5, 0.6) is 5.75 Å². The number of carbonyl (C=O) groups is 1. The van der Waals surface area contributed by atoms with Gasteiger partial charge in [-0.1, -0.05) is 12.1 Å². The highest BCUT2D eigenvalue weighted by Gasteiger charge is 2.22. The molecule has 3 heterocycles. The Hall–Kier alpha value is -4.28. The van der Waals surface area contributed by atoms with Crippen molar-refractivity contribution in [3.05, 3.63) is 77.1 Å². The number of piperazine rings is 1. The molecule has 42 heavy (non-hydrogen) atoms. The number of nitrogen functional groups attached to an aromatic ring is 1. The van der Waals surface area contributed by atoms with E-state index in [2.05, 4.69) is 56.5 Å². The summed E-state index contributed by atoms with van der Waals surface area (Å²) in [5.41, 5.74) is 12.6. The number of hydrogen-bond acceptors (Lipinski definition) is 8. The second-order valence-corrected chi connectivity index (χ2v) is 11.4. The number of nitrogens with zero attached hydrogens (tertiary/aromatic N) is 6. The van der Waals surface area contributed by atoms with E-state index >= 15 is 0 Å². The van der Waals surface area contributed by atoms with Gasteiger partial charge in [-0.2, -0.15) is 0 Å². The van der Waals surface area contributed by atoms with Crippen LogP contribution in [0.2, 0.25) is 0 Å². The predicted octanol–water partition coefficient (Wildman–Crippen LogP) is 3.84. The van der Waals surface area contributed by atoms with E-state index in [0.717, 1.165) is 74.6 Å². The number of ether oxygens (including phenoxy) is 1. The maximum Gasteiger partial charge on any atom is 0.261 e. The summed E-state index contributed by atoms with van der Waals surface area (Å²) in [5, 5.41) is 7.31. The van der Waals surface area contributed by atoms with Crippen LogP contribution >= 0.6 is 0 Å². The zero-order valence-corrected chi connectivity index (χ0v) is 24.5. The average molecular weight is 567 g/mol. The van der Waals surface area contributed by atoms with Gasteiger partial charge >= 0.3 is 0 Å². The molecule has 10 nitrogen and oxygen atoms in total. The van der Waals surface area contributed by atoms with Gasteiger partial charge in [0.1, 0.15) is 11.3 Å². The molecule has 1 saturated heterocycles. The molecule has 0 radical (unpaired) electrons. The summed E-state index contributed by atoms with van der Waals surface area (Å²) in [7, 11) is 2.17. The van der Waals surface area contributed by atoms with Crippen LogP contribution in [0, 0.1) is 0 Å². The van der Waals surface area contributed by atoms with Crippen LogP contribution in [0.25, 0.3) is 17.2 Å². The van der Waals surface area contributed by atoms with E-state index in [1.165, 1.54) is 15.8 Å². The van der Waals surface area contributed by atoms with Gasteiger partial charge in [0.2, 0.25) is 0 Å². The van der Waals surface area contributed by atoms with Gasteiger partial charge in [0.15, 0.2) is 5.82 Å². The van der Waals surface area contributed by atoms with Gasteiger partial charge in [-0.15, -0.1) is 5.10 Å². The van der Waals surface area contributed by atoms with Crippen molar-refractivity contribution in [1.82, 2.24) is 29.5 Å². The largest absolute Gasteiger partial charge is 0.491 e. The molecule has 0 saturated carbocycles. The third kappa shape index (κ3) is 6.14. The van der Waals surface area contributed by atoms with Gasteiger partial charge in [-0.3, -0.25) is 4.79 Å². The maximum atomic E-state index is 13.1. The first kappa shape index (κ1) is 27.9. The van der Waals surface area contributed by atoms with E-state index < -0.39 is 0 Å². The minimum Gasteiger partial charge on any atom is -0.491 e. The molecule has 218 valence electrons. The number of nitrogens with two attached hydrogens (primary N) is 1. The lowest BCUT2D eigenvalue weighted by Gasteiger charge is -2.32. The minimum absolute atomic E-state index is 0.112. The minimum atomic E-state index is -0.329. The monoisotopic (exact) mass is 566 g/mol. The SMILES string of the molecule is CC(C)Oc1ccc2c(c1)CCc1cnc(-n3cc(C(=O)Nc4ccc(CCN5CCN(C)CC5)cc4)c(N)n3)nc1-2. The van der Waals surface area contributed by atoms with Crippen molar-refractivity contribution < 1.29 is 9.53 Å². The fourth-order valence-electron chi connectivity index (χ4n) is 5.52. The summed E-state index contributed by atoms with van der Waals surface area (Å²) in [6, 6.07) is 14.1. The van der Waals surface area contributed by atoms with E-state index in [0.29, 0.717) is 11.6 Å². The van der Waals surface area contributed by atoms with Crippen molar-refractivity contribution in [2.75, 3.05) is 50.8 Å². The van der Waals surface area contributed by atoms with Crippen LogP contribution in [0.3, 0.4) is 0 Å². The van der Waals surface area contributed by atoms with Crippen LogP contribution in [-0.2, 0) is 19.3 Å². The van der Waals surface area contributed by atoms with Crippen LogP contribution < -0.4 is 15.8 Å². The van der Waals surface area contributed by atoms with Gasteiger partial charge in [0, 0.05) is 56.4 Å². The van der Waals surface area contributed by atoms with Gasteiger partial charge < -0.3 is 25.6 Å². The molecule has 2 aromatic carbocycles. The Morgan fingerprint density at radius 2 is 1.81 bits per heavy atom. The van der Waals surface area contributed by atoms with Gasteiger partial charge in [-0.05, 0) is 87.2 Å². The first-order valence-electron chi connectivity index (χ1n) is 14.6. The summed E-state index contributed by atoms with van der Waals surface area (Å²) in [5.74, 6) is 1.01. The number of aryl methyl sites for hydroxylation is 2. The third-order valence-corrected chi connectivity index (χ3v) is 7.94. The lowest BCUT2D eigenvalue weighted by Crippen LogP contribution is -2.45. The molecule has 0 spiro atoms. The van der Waals surface area contributed by atoms with Gasteiger partial charge in [-0.25, -0.2) is 14.6 Å². The van der Waals surface area contributed by atoms with Gasteiger partial charge in [0.25, 0.3) is 11.9 Å². The average Bonchev–Trinajstić information content (AvgIpc) is 3.38. The molecule has 1 aliphatic carbocycles. The molecule has 1 fully saturated rings. The summed E-state index contributed by atoms with van der Waals surface area (Å²) in [6.45, 7) is 9.53. The summed E-state index contributed by atoms with van der Waals surface area (Å²) in [4.78, 5) is 27.3. The Bertz CT molecular complexity index is 1570. The van der Waals surface area contributed by atoms with E-state index in [-0.39, 0.29) is 23.4 Å². The first-order chi connectivity index (χ1) is 20.3. The molecule has 6 rings (SSSR count). The smallest absolute Gasteiger partial charge is 0.261 e. The Morgan fingerprint density at radius 3 is 2.57 bits per heavy atom. The molecule has 4 aromatic rings. The topological polar surface area (TPSA) is 114 Å². The standard InChI is InChI=1S/C32H38N8O2/c1-21(2)42-26-10-11-27-23(18-26)6-7-24-19-34-32(36-29(24)27)40-20-28(30(33)37-40)31(41)35-25-8-4-22(5-9-25)12-13-39-16-14-38(3)15-17-39/h4-5,8-11,18-21H,6-7,12-17H2,1-3H3,(H2,33,37)(H,35,41). The number of likely N-dealkylation sites (N-methyl/N-ethyl adjacent to an activating group) is 1. The van der Waals surface area contributed by atoms with Crippen molar-refractivity contribution in [2.45, 2.75) is 39.2 Å². The van der Waals surface area contributed by atoms with Crippen LogP contribution in [0.4, 0.5) is 11.5 Å². The summed E-state index contributed by atoms with van der Waals surface area (Å²) < 4.78 is 7.35. The molecule has 1 amide bonds. The molecule has 2 aliphatic rings. The highest BCUT2D eigenvalue weighted by atomic mass is 16.5. The Kier molecular flexibility index (Phi) is 7.90. The second kappa shape index (κ2) is 11.9. The molecule has 10 heteroatoms. The highest BCUT2D eigenvalue weighted by Crippen LogP contribution is 2.34. The quantitative estimate of drug-likeness (QED) is 0.331.